The Labute approximate surface area is 109 Å². The van der Waals surface area contributed by atoms with Crippen LogP contribution in [0.5, 0.6) is 5.75 Å². The molecule has 0 unspecified atom stereocenters. The van der Waals surface area contributed by atoms with E-state index in [1.807, 2.05) is 31.2 Å². The Morgan fingerprint density at radius 1 is 1.26 bits per heavy atom. The minimum Gasteiger partial charge on any atom is -0.486 e. The number of nitrogen functional groups attached to an aromatic ring is 1. The molecule has 0 aliphatic heterocycles. The molecule has 96 valence electrons. The summed E-state index contributed by atoms with van der Waals surface area (Å²) in [6.07, 6.45) is 0. The van der Waals surface area contributed by atoms with Crippen molar-refractivity contribution in [3.8, 4) is 5.75 Å². The maximum Gasteiger partial charge on any atom is 0.207 e. The molecule has 0 fully saturated rings. The lowest BCUT2D eigenvalue weighted by atomic mass is 10.1. The van der Waals surface area contributed by atoms with Crippen LogP contribution in [-0.4, -0.2) is 20.4 Å². The summed E-state index contributed by atoms with van der Waals surface area (Å²) in [7, 11) is 0. The Hall–Kier alpha value is -2.63. The van der Waals surface area contributed by atoms with Gasteiger partial charge in [0.15, 0.2) is 11.3 Å². The van der Waals surface area contributed by atoms with Gasteiger partial charge < -0.3 is 10.5 Å². The molecule has 6 nitrogen and oxygen atoms in total. The summed E-state index contributed by atoms with van der Waals surface area (Å²) in [5, 5.41) is 10.4. The van der Waals surface area contributed by atoms with Gasteiger partial charge in [-0.25, -0.2) is 4.98 Å². The number of hydrogen-bond acceptors (Lipinski definition) is 5. The number of nitrogens with zero attached hydrogens (tertiary/aromatic N) is 3. The van der Waals surface area contributed by atoms with Crippen LogP contribution in [0.25, 0.3) is 11.2 Å². The van der Waals surface area contributed by atoms with Crippen LogP contribution in [0.1, 0.15) is 11.1 Å². The fraction of sp³-hybridized carbons (Fsp3) is 0.154. The predicted octanol–water partition coefficient (Wildman–Crippen LogP) is 1.82. The molecule has 0 atom stereocenters. The van der Waals surface area contributed by atoms with Gasteiger partial charge in [0.05, 0.1) is 0 Å². The van der Waals surface area contributed by atoms with Gasteiger partial charge >= 0.3 is 0 Å². The van der Waals surface area contributed by atoms with Gasteiger partial charge in [0, 0.05) is 6.07 Å². The lowest BCUT2D eigenvalue weighted by molar-refractivity contribution is 0.308. The van der Waals surface area contributed by atoms with Gasteiger partial charge in [0.2, 0.25) is 5.65 Å². The van der Waals surface area contributed by atoms with Crippen molar-refractivity contribution in [2.75, 3.05) is 5.73 Å². The first-order valence-electron chi connectivity index (χ1n) is 5.88. The van der Waals surface area contributed by atoms with Crippen LogP contribution < -0.4 is 10.5 Å². The minimum absolute atomic E-state index is 0.362. The zero-order chi connectivity index (χ0) is 13.2. The van der Waals surface area contributed by atoms with E-state index in [1.54, 1.807) is 6.07 Å². The van der Waals surface area contributed by atoms with Gasteiger partial charge in [-0.05, 0) is 18.1 Å². The average Bonchev–Trinajstić information content (AvgIpc) is 2.85. The van der Waals surface area contributed by atoms with Crippen LogP contribution in [0.15, 0.2) is 30.3 Å². The van der Waals surface area contributed by atoms with E-state index < -0.39 is 0 Å². The van der Waals surface area contributed by atoms with Crippen LogP contribution in [-0.2, 0) is 6.61 Å². The highest BCUT2D eigenvalue weighted by Gasteiger charge is 2.10. The third-order valence-electron chi connectivity index (χ3n) is 2.92. The second-order valence-corrected chi connectivity index (χ2v) is 4.26. The summed E-state index contributed by atoms with van der Waals surface area (Å²) < 4.78 is 5.78. The highest BCUT2D eigenvalue weighted by molar-refractivity contribution is 5.78. The van der Waals surface area contributed by atoms with Gasteiger partial charge in [0.1, 0.15) is 12.4 Å². The highest BCUT2D eigenvalue weighted by Crippen LogP contribution is 2.24. The van der Waals surface area contributed by atoms with E-state index in [2.05, 4.69) is 20.4 Å². The van der Waals surface area contributed by atoms with E-state index in [9.17, 15) is 0 Å². The molecule has 2 aromatic heterocycles. The third-order valence-corrected chi connectivity index (χ3v) is 2.92. The van der Waals surface area contributed by atoms with Crippen molar-refractivity contribution in [3.05, 3.63) is 41.5 Å². The van der Waals surface area contributed by atoms with Gasteiger partial charge in [-0.2, -0.15) is 10.3 Å². The fourth-order valence-corrected chi connectivity index (χ4v) is 1.86. The van der Waals surface area contributed by atoms with Crippen molar-refractivity contribution in [2.24, 2.45) is 0 Å². The highest BCUT2D eigenvalue weighted by atomic mass is 16.5. The Kier molecular flexibility index (Phi) is 2.75. The summed E-state index contributed by atoms with van der Waals surface area (Å²) in [5.74, 6) is 0.945. The molecule has 3 rings (SSSR count). The molecule has 19 heavy (non-hydrogen) atoms. The Bertz CT molecular complexity index is 722. The largest absolute Gasteiger partial charge is 0.486 e. The van der Waals surface area contributed by atoms with Crippen molar-refractivity contribution < 1.29 is 4.74 Å². The van der Waals surface area contributed by atoms with E-state index in [0.717, 1.165) is 5.56 Å². The maximum atomic E-state index is 5.78. The van der Waals surface area contributed by atoms with E-state index in [0.29, 0.717) is 29.3 Å². The molecule has 0 saturated carbocycles. The first kappa shape index (κ1) is 11.5. The monoisotopic (exact) mass is 255 g/mol. The first-order valence-corrected chi connectivity index (χ1v) is 5.88. The number of aromatic amines is 1. The zero-order valence-corrected chi connectivity index (χ0v) is 10.4. The third kappa shape index (κ3) is 2.20. The molecule has 0 amide bonds. The number of aromatic nitrogens is 4. The van der Waals surface area contributed by atoms with Crippen molar-refractivity contribution in [3.63, 3.8) is 0 Å². The maximum absolute atomic E-state index is 5.78. The second kappa shape index (κ2) is 4.56. The van der Waals surface area contributed by atoms with Crippen molar-refractivity contribution in [2.45, 2.75) is 13.5 Å². The minimum atomic E-state index is 0.362. The van der Waals surface area contributed by atoms with Crippen LogP contribution in [0, 0.1) is 6.92 Å². The topological polar surface area (TPSA) is 89.7 Å². The number of hydrogen-bond donors (Lipinski definition) is 2. The number of rotatable bonds is 3. The number of H-pyrrole nitrogens is 1. The van der Waals surface area contributed by atoms with E-state index in [4.69, 9.17) is 10.5 Å². The fourth-order valence-electron chi connectivity index (χ4n) is 1.86. The molecular weight excluding hydrogens is 242 g/mol. The molecule has 0 aliphatic rings. The van der Waals surface area contributed by atoms with Crippen LogP contribution in [0.2, 0.25) is 0 Å². The summed E-state index contributed by atoms with van der Waals surface area (Å²) in [6.45, 7) is 2.50. The molecule has 0 saturated heterocycles. The molecule has 6 heteroatoms. The van der Waals surface area contributed by atoms with Crippen molar-refractivity contribution >= 4 is 17.0 Å². The summed E-state index contributed by atoms with van der Waals surface area (Å²) >= 11 is 0. The van der Waals surface area contributed by atoms with E-state index in [1.165, 1.54) is 5.56 Å². The molecule has 1 aromatic carbocycles. The second-order valence-electron chi connectivity index (χ2n) is 4.26. The summed E-state index contributed by atoms with van der Waals surface area (Å²) in [6, 6.07) is 9.71. The number of pyridine rings is 1. The lowest BCUT2D eigenvalue weighted by Gasteiger charge is -2.09. The number of benzene rings is 1. The molecule has 0 bridgehead atoms. The van der Waals surface area contributed by atoms with Gasteiger partial charge in [0.25, 0.3) is 0 Å². The average molecular weight is 255 g/mol. The normalized spacial score (nSPS) is 10.8. The zero-order valence-electron chi connectivity index (χ0n) is 10.4. The molecule has 0 radical (unpaired) electrons. The Morgan fingerprint density at radius 3 is 2.95 bits per heavy atom. The number of nitrogens with one attached hydrogen (secondary N) is 1. The summed E-state index contributed by atoms with van der Waals surface area (Å²) in [5.41, 5.74) is 9.06. The first-order chi connectivity index (χ1) is 9.24. The smallest absolute Gasteiger partial charge is 0.207 e. The van der Waals surface area contributed by atoms with E-state index in [-0.39, 0.29) is 0 Å². The summed E-state index contributed by atoms with van der Waals surface area (Å²) in [4.78, 5) is 4.06. The van der Waals surface area contributed by atoms with Gasteiger partial charge in [-0.15, -0.1) is 5.10 Å². The number of anilines is 1. The van der Waals surface area contributed by atoms with Gasteiger partial charge in [-0.3, -0.25) is 0 Å². The number of aryl methyl sites for hydroxylation is 1. The number of fused-ring (bicyclic) bond motifs is 1. The number of ether oxygens (including phenoxy) is 1. The molecule has 0 spiro atoms. The SMILES string of the molecule is Cc1ccccc1COc1cc(N)nc2n[nH]nc12. The van der Waals surface area contributed by atoms with Crippen molar-refractivity contribution in [1.82, 2.24) is 20.4 Å². The van der Waals surface area contributed by atoms with Gasteiger partial charge in [-0.1, -0.05) is 24.3 Å². The Balaban J connectivity index is 1.90. The predicted molar refractivity (Wildman–Crippen MR) is 71.6 cm³/mol. The van der Waals surface area contributed by atoms with E-state index >= 15 is 0 Å². The standard InChI is InChI=1S/C13H13N5O/c1-8-4-2-3-5-9(8)7-19-10-6-11(14)15-13-12(10)16-18-17-13/h2-6H,7H2,1H3,(H3,14,15,16,17,18). The molecule has 3 N–H and O–H groups in total. The Morgan fingerprint density at radius 2 is 2.11 bits per heavy atom. The lowest BCUT2D eigenvalue weighted by Crippen LogP contribution is -2.00. The molecule has 0 aliphatic carbocycles. The van der Waals surface area contributed by atoms with Crippen LogP contribution >= 0.6 is 0 Å². The molecule has 3 aromatic rings. The number of nitrogens with two attached hydrogens (primary N) is 1. The van der Waals surface area contributed by atoms with Crippen molar-refractivity contribution in [1.29, 1.82) is 0 Å². The van der Waals surface area contributed by atoms with Crippen LogP contribution in [0.3, 0.4) is 0 Å². The van der Waals surface area contributed by atoms with Crippen LogP contribution in [0.4, 0.5) is 5.82 Å². The molecular formula is C13H13N5O. The molecule has 2 heterocycles. The quantitative estimate of drug-likeness (QED) is 0.745.